The van der Waals surface area contributed by atoms with Crippen LogP contribution >= 0.6 is 0 Å². The van der Waals surface area contributed by atoms with E-state index >= 15 is 0 Å². The zero-order chi connectivity index (χ0) is 15.2. The standard InChI is InChI=1S/C20H26O/c1-5-9-19(17-10-7-6-8-11-17)21-20-13-12-16(4)14-18(20)15(2)3/h6-8,10-15,19H,5,9H2,1-4H3. The summed E-state index contributed by atoms with van der Waals surface area (Å²) in [4.78, 5) is 0. The lowest BCUT2D eigenvalue weighted by atomic mass is 9.99. The first-order chi connectivity index (χ1) is 10.1. The third kappa shape index (κ3) is 4.10. The Bertz CT molecular complexity index is 557. The molecule has 0 aliphatic carbocycles. The largest absolute Gasteiger partial charge is 0.485 e. The summed E-state index contributed by atoms with van der Waals surface area (Å²) in [7, 11) is 0. The van der Waals surface area contributed by atoms with Crippen LogP contribution in [0.1, 0.15) is 62.3 Å². The van der Waals surface area contributed by atoms with Crippen LogP contribution in [0.4, 0.5) is 0 Å². The molecular formula is C20H26O. The second-order valence-corrected chi connectivity index (χ2v) is 6.00. The number of rotatable bonds is 6. The zero-order valence-corrected chi connectivity index (χ0v) is 13.6. The van der Waals surface area contributed by atoms with Crippen molar-refractivity contribution in [3.63, 3.8) is 0 Å². The summed E-state index contributed by atoms with van der Waals surface area (Å²) >= 11 is 0. The van der Waals surface area contributed by atoms with Gasteiger partial charge in [0, 0.05) is 0 Å². The lowest BCUT2D eigenvalue weighted by Crippen LogP contribution is -2.09. The molecule has 1 nitrogen and oxygen atoms in total. The van der Waals surface area contributed by atoms with Crippen LogP contribution in [-0.4, -0.2) is 0 Å². The van der Waals surface area contributed by atoms with Gasteiger partial charge in [0.1, 0.15) is 11.9 Å². The third-order valence-electron chi connectivity index (χ3n) is 3.78. The van der Waals surface area contributed by atoms with Gasteiger partial charge in [-0.15, -0.1) is 0 Å². The molecule has 112 valence electrons. The van der Waals surface area contributed by atoms with Gasteiger partial charge in [-0.2, -0.15) is 0 Å². The van der Waals surface area contributed by atoms with Crippen LogP contribution in [0.5, 0.6) is 5.75 Å². The molecule has 0 saturated carbocycles. The van der Waals surface area contributed by atoms with Gasteiger partial charge in [-0.3, -0.25) is 0 Å². The van der Waals surface area contributed by atoms with Crippen molar-refractivity contribution in [1.82, 2.24) is 0 Å². The molecule has 0 bridgehead atoms. The Morgan fingerprint density at radius 2 is 1.71 bits per heavy atom. The van der Waals surface area contributed by atoms with E-state index in [-0.39, 0.29) is 6.10 Å². The van der Waals surface area contributed by atoms with E-state index < -0.39 is 0 Å². The molecule has 0 amide bonds. The molecule has 21 heavy (non-hydrogen) atoms. The number of hydrogen-bond donors (Lipinski definition) is 0. The van der Waals surface area contributed by atoms with Crippen molar-refractivity contribution in [2.75, 3.05) is 0 Å². The Morgan fingerprint density at radius 3 is 2.33 bits per heavy atom. The summed E-state index contributed by atoms with van der Waals surface area (Å²) in [5.41, 5.74) is 3.85. The Labute approximate surface area is 129 Å². The molecular weight excluding hydrogens is 256 g/mol. The molecule has 1 atom stereocenters. The van der Waals surface area contributed by atoms with E-state index in [0.29, 0.717) is 5.92 Å². The molecule has 0 saturated heterocycles. The smallest absolute Gasteiger partial charge is 0.124 e. The molecule has 1 unspecified atom stereocenters. The van der Waals surface area contributed by atoms with Crippen molar-refractivity contribution in [2.45, 2.75) is 52.6 Å². The summed E-state index contributed by atoms with van der Waals surface area (Å²) in [5, 5.41) is 0. The molecule has 1 heteroatoms. The second kappa shape index (κ2) is 7.31. The van der Waals surface area contributed by atoms with E-state index in [1.165, 1.54) is 16.7 Å². The first kappa shape index (κ1) is 15.6. The van der Waals surface area contributed by atoms with Crippen molar-refractivity contribution in [1.29, 1.82) is 0 Å². The minimum atomic E-state index is 0.136. The minimum Gasteiger partial charge on any atom is -0.485 e. The van der Waals surface area contributed by atoms with Gasteiger partial charge >= 0.3 is 0 Å². The third-order valence-corrected chi connectivity index (χ3v) is 3.78. The van der Waals surface area contributed by atoms with Gasteiger partial charge in [0.2, 0.25) is 0 Å². The van der Waals surface area contributed by atoms with Crippen LogP contribution in [0.25, 0.3) is 0 Å². The van der Waals surface area contributed by atoms with Gasteiger partial charge in [-0.05, 0) is 36.5 Å². The highest BCUT2D eigenvalue weighted by atomic mass is 16.5. The molecule has 0 aliphatic heterocycles. The van der Waals surface area contributed by atoms with E-state index in [4.69, 9.17) is 4.74 Å². The van der Waals surface area contributed by atoms with Crippen molar-refractivity contribution in [2.24, 2.45) is 0 Å². The molecule has 2 aromatic rings. The molecule has 0 radical (unpaired) electrons. The van der Waals surface area contributed by atoms with Crippen LogP contribution in [0.15, 0.2) is 48.5 Å². The lowest BCUT2D eigenvalue weighted by Gasteiger charge is -2.22. The van der Waals surface area contributed by atoms with Gasteiger partial charge in [-0.25, -0.2) is 0 Å². The van der Waals surface area contributed by atoms with Crippen LogP contribution in [0.2, 0.25) is 0 Å². The van der Waals surface area contributed by atoms with Crippen molar-refractivity contribution < 1.29 is 4.74 Å². The molecule has 0 heterocycles. The molecule has 0 N–H and O–H groups in total. The van der Waals surface area contributed by atoms with Crippen LogP contribution in [0.3, 0.4) is 0 Å². The highest BCUT2D eigenvalue weighted by Gasteiger charge is 2.15. The summed E-state index contributed by atoms with van der Waals surface area (Å²) < 4.78 is 6.39. The van der Waals surface area contributed by atoms with Crippen LogP contribution < -0.4 is 4.74 Å². The first-order valence-corrected chi connectivity index (χ1v) is 7.94. The fourth-order valence-corrected chi connectivity index (χ4v) is 2.60. The fraction of sp³-hybridized carbons (Fsp3) is 0.400. The predicted molar refractivity (Wildman–Crippen MR) is 90.0 cm³/mol. The maximum Gasteiger partial charge on any atom is 0.124 e. The maximum absolute atomic E-state index is 6.39. The average Bonchev–Trinajstić information content (AvgIpc) is 2.49. The molecule has 0 aliphatic rings. The van der Waals surface area contributed by atoms with E-state index in [9.17, 15) is 0 Å². The quantitative estimate of drug-likeness (QED) is 0.627. The molecule has 0 fully saturated rings. The van der Waals surface area contributed by atoms with E-state index in [2.05, 4.69) is 76.2 Å². The molecule has 2 aromatic carbocycles. The maximum atomic E-state index is 6.39. The Hall–Kier alpha value is -1.76. The predicted octanol–water partition coefficient (Wildman–Crippen LogP) is 6.04. The van der Waals surface area contributed by atoms with Gasteiger partial charge < -0.3 is 4.74 Å². The number of hydrogen-bond acceptors (Lipinski definition) is 1. The molecule has 2 rings (SSSR count). The van der Waals surface area contributed by atoms with Gasteiger partial charge in [0.25, 0.3) is 0 Å². The second-order valence-electron chi connectivity index (χ2n) is 6.00. The number of ether oxygens (including phenoxy) is 1. The summed E-state index contributed by atoms with van der Waals surface area (Å²) in [6.45, 7) is 8.78. The van der Waals surface area contributed by atoms with Gasteiger partial charge in [0.15, 0.2) is 0 Å². The Morgan fingerprint density at radius 1 is 1.00 bits per heavy atom. The Kier molecular flexibility index (Phi) is 5.44. The average molecular weight is 282 g/mol. The molecule has 0 spiro atoms. The van der Waals surface area contributed by atoms with E-state index in [0.717, 1.165) is 18.6 Å². The molecule has 0 aromatic heterocycles. The van der Waals surface area contributed by atoms with Crippen molar-refractivity contribution in [3.8, 4) is 5.75 Å². The highest BCUT2D eigenvalue weighted by Crippen LogP contribution is 2.32. The number of benzene rings is 2. The van der Waals surface area contributed by atoms with E-state index in [1.807, 2.05) is 0 Å². The minimum absolute atomic E-state index is 0.136. The number of aryl methyl sites for hydroxylation is 1. The summed E-state index contributed by atoms with van der Waals surface area (Å²) in [6, 6.07) is 17.0. The lowest BCUT2D eigenvalue weighted by molar-refractivity contribution is 0.191. The topological polar surface area (TPSA) is 9.23 Å². The van der Waals surface area contributed by atoms with Crippen LogP contribution in [-0.2, 0) is 0 Å². The SMILES string of the molecule is CCCC(Oc1ccc(C)cc1C(C)C)c1ccccc1. The van der Waals surface area contributed by atoms with E-state index in [1.54, 1.807) is 0 Å². The van der Waals surface area contributed by atoms with Crippen molar-refractivity contribution >= 4 is 0 Å². The van der Waals surface area contributed by atoms with Gasteiger partial charge in [0.05, 0.1) is 0 Å². The first-order valence-electron chi connectivity index (χ1n) is 7.94. The Balaban J connectivity index is 2.29. The highest BCUT2D eigenvalue weighted by molar-refractivity contribution is 5.39. The van der Waals surface area contributed by atoms with Crippen molar-refractivity contribution in [3.05, 3.63) is 65.2 Å². The monoisotopic (exact) mass is 282 g/mol. The van der Waals surface area contributed by atoms with Crippen LogP contribution in [0, 0.1) is 6.92 Å². The normalized spacial score (nSPS) is 12.4. The summed E-state index contributed by atoms with van der Waals surface area (Å²) in [5.74, 6) is 1.50. The zero-order valence-electron chi connectivity index (χ0n) is 13.6. The van der Waals surface area contributed by atoms with Gasteiger partial charge in [-0.1, -0.05) is 75.2 Å². The summed E-state index contributed by atoms with van der Waals surface area (Å²) in [6.07, 6.45) is 2.29. The fourth-order valence-electron chi connectivity index (χ4n) is 2.60.